The highest BCUT2D eigenvalue weighted by molar-refractivity contribution is 4.72. The van der Waals surface area contributed by atoms with Gasteiger partial charge in [-0.3, -0.25) is 0 Å². The molecular formula is C12H24N+. The van der Waals surface area contributed by atoms with E-state index >= 15 is 0 Å². The van der Waals surface area contributed by atoms with Crippen molar-refractivity contribution in [1.82, 2.24) is 0 Å². The Balaban J connectivity index is 2.07. The Morgan fingerprint density at radius 3 is 2.38 bits per heavy atom. The zero-order valence-corrected chi connectivity index (χ0v) is 9.26. The molecule has 2 fully saturated rings. The van der Waals surface area contributed by atoms with Gasteiger partial charge < -0.3 is 4.48 Å². The van der Waals surface area contributed by atoms with Gasteiger partial charge in [-0.15, -0.1) is 0 Å². The third-order valence-electron chi connectivity index (χ3n) is 4.10. The lowest BCUT2D eigenvalue weighted by atomic mass is 9.92. The Morgan fingerprint density at radius 1 is 0.846 bits per heavy atom. The maximum Gasteiger partial charge on any atom is 0.0811 e. The molecule has 2 aliphatic rings. The summed E-state index contributed by atoms with van der Waals surface area (Å²) in [7, 11) is 4.83. The summed E-state index contributed by atoms with van der Waals surface area (Å²) < 4.78 is 1.28. The van der Waals surface area contributed by atoms with Crippen LogP contribution >= 0.6 is 0 Å². The second kappa shape index (κ2) is 3.61. The monoisotopic (exact) mass is 182 g/mol. The lowest BCUT2D eigenvalue weighted by molar-refractivity contribution is -0.894. The first-order valence-electron chi connectivity index (χ1n) is 5.98. The predicted octanol–water partition coefficient (Wildman–Crippen LogP) is 2.66. The summed E-state index contributed by atoms with van der Waals surface area (Å²) in [5.41, 5.74) is 0. The molecule has 1 aliphatic carbocycles. The number of hydrogen-bond donors (Lipinski definition) is 0. The second-order valence-electron chi connectivity index (χ2n) is 5.87. The van der Waals surface area contributed by atoms with Crippen LogP contribution in [0.15, 0.2) is 0 Å². The van der Waals surface area contributed by atoms with Crippen molar-refractivity contribution in [1.29, 1.82) is 0 Å². The summed E-state index contributed by atoms with van der Waals surface area (Å²) in [6.45, 7) is 2.86. The van der Waals surface area contributed by atoms with E-state index in [1.165, 1.54) is 56.1 Å². The van der Waals surface area contributed by atoms with Crippen LogP contribution in [0.1, 0.15) is 38.5 Å². The van der Waals surface area contributed by atoms with Crippen molar-refractivity contribution in [2.24, 2.45) is 11.8 Å². The molecule has 1 heterocycles. The number of fused-ring (bicyclic) bond motifs is 3. The van der Waals surface area contributed by atoms with E-state index in [1.54, 1.807) is 0 Å². The fraction of sp³-hybridized carbons (Fsp3) is 1.00. The maximum absolute atomic E-state index is 2.42. The lowest BCUT2D eigenvalue weighted by Gasteiger charge is -2.35. The van der Waals surface area contributed by atoms with Crippen LogP contribution in [0.5, 0.6) is 0 Å². The molecule has 1 heteroatoms. The van der Waals surface area contributed by atoms with Gasteiger partial charge in [0.2, 0.25) is 0 Å². The normalized spacial score (nSPS) is 39.2. The largest absolute Gasteiger partial charge is 0.328 e. The van der Waals surface area contributed by atoms with E-state index in [-0.39, 0.29) is 0 Å². The Kier molecular flexibility index (Phi) is 2.64. The summed E-state index contributed by atoms with van der Waals surface area (Å²) in [6.07, 6.45) is 9.08. The van der Waals surface area contributed by atoms with Crippen LogP contribution in [-0.4, -0.2) is 31.7 Å². The Morgan fingerprint density at radius 2 is 1.54 bits per heavy atom. The van der Waals surface area contributed by atoms with Gasteiger partial charge in [0.15, 0.2) is 0 Å². The van der Waals surface area contributed by atoms with E-state index in [0.29, 0.717) is 0 Å². The van der Waals surface area contributed by atoms with E-state index in [0.717, 1.165) is 11.8 Å². The number of likely N-dealkylation sites (tertiary alicyclic amines) is 1. The minimum Gasteiger partial charge on any atom is -0.328 e. The summed E-state index contributed by atoms with van der Waals surface area (Å²) in [5, 5.41) is 0. The Labute approximate surface area is 82.7 Å². The lowest BCUT2D eigenvalue weighted by Crippen LogP contribution is -2.45. The maximum atomic E-state index is 2.42. The summed E-state index contributed by atoms with van der Waals surface area (Å²) in [4.78, 5) is 0. The second-order valence-corrected chi connectivity index (χ2v) is 5.87. The molecule has 0 spiro atoms. The van der Waals surface area contributed by atoms with Crippen molar-refractivity contribution in [3.05, 3.63) is 0 Å². The van der Waals surface area contributed by atoms with Crippen molar-refractivity contribution in [3.63, 3.8) is 0 Å². The first-order valence-corrected chi connectivity index (χ1v) is 5.98. The van der Waals surface area contributed by atoms with E-state index in [9.17, 15) is 0 Å². The molecule has 0 aromatic carbocycles. The van der Waals surface area contributed by atoms with Gasteiger partial charge in [-0.2, -0.15) is 0 Å². The van der Waals surface area contributed by atoms with Gasteiger partial charge in [0.25, 0.3) is 0 Å². The highest BCUT2D eigenvalue weighted by atomic mass is 15.3. The van der Waals surface area contributed by atoms with Gasteiger partial charge in [-0.1, -0.05) is 12.8 Å². The van der Waals surface area contributed by atoms with Crippen LogP contribution in [0.25, 0.3) is 0 Å². The van der Waals surface area contributed by atoms with Crippen molar-refractivity contribution < 1.29 is 4.48 Å². The molecule has 2 unspecified atom stereocenters. The highest BCUT2D eigenvalue weighted by Crippen LogP contribution is 2.33. The quantitative estimate of drug-likeness (QED) is 0.505. The van der Waals surface area contributed by atoms with Crippen molar-refractivity contribution in [3.8, 4) is 0 Å². The molecule has 0 amide bonds. The standard InChI is InChI=1S/C12H24N/c1-13(2)9-8-11-4-3-5-12(10-13)7-6-11/h11-12H,3-10H2,1-2H3/q+1. The van der Waals surface area contributed by atoms with Crippen LogP contribution in [0.3, 0.4) is 0 Å². The molecule has 2 bridgehead atoms. The van der Waals surface area contributed by atoms with Crippen LogP contribution < -0.4 is 0 Å². The molecule has 0 radical (unpaired) electrons. The average Bonchev–Trinajstić information content (AvgIpc) is 2.21. The van der Waals surface area contributed by atoms with E-state index in [2.05, 4.69) is 14.1 Å². The van der Waals surface area contributed by atoms with E-state index in [4.69, 9.17) is 0 Å². The number of quaternary nitrogens is 1. The number of hydrogen-bond acceptors (Lipinski definition) is 0. The minimum atomic E-state index is 1.04. The number of rotatable bonds is 0. The van der Waals surface area contributed by atoms with Crippen LogP contribution in [0.4, 0.5) is 0 Å². The smallest absolute Gasteiger partial charge is 0.0811 e. The van der Waals surface area contributed by atoms with Gasteiger partial charge in [0, 0.05) is 5.92 Å². The highest BCUT2D eigenvalue weighted by Gasteiger charge is 2.29. The summed E-state index contributed by atoms with van der Waals surface area (Å²) in [6, 6.07) is 0. The third kappa shape index (κ3) is 2.46. The third-order valence-corrected chi connectivity index (χ3v) is 4.10. The molecule has 76 valence electrons. The van der Waals surface area contributed by atoms with Crippen LogP contribution in [-0.2, 0) is 0 Å². The van der Waals surface area contributed by atoms with Crippen LogP contribution in [0, 0.1) is 11.8 Å². The van der Waals surface area contributed by atoms with Gasteiger partial charge in [-0.25, -0.2) is 0 Å². The van der Waals surface area contributed by atoms with Crippen LogP contribution in [0.2, 0.25) is 0 Å². The first kappa shape index (κ1) is 9.51. The van der Waals surface area contributed by atoms with Gasteiger partial charge in [-0.05, 0) is 31.6 Å². The molecule has 1 aliphatic heterocycles. The first-order chi connectivity index (χ1) is 6.16. The fourth-order valence-electron chi connectivity index (χ4n) is 3.25. The molecule has 1 saturated heterocycles. The minimum absolute atomic E-state index is 1.04. The molecule has 0 aromatic heterocycles. The van der Waals surface area contributed by atoms with Gasteiger partial charge in [0.05, 0.1) is 27.2 Å². The molecule has 1 nitrogen and oxygen atoms in total. The van der Waals surface area contributed by atoms with Gasteiger partial charge in [0.1, 0.15) is 0 Å². The average molecular weight is 182 g/mol. The predicted molar refractivity (Wildman–Crippen MR) is 56.5 cm³/mol. The molecular weight excluding hydrogens is 158 g/mol. The van der Waals surface area contributed by atoms with Crippen molar-refractivity contribution >= 4 is 0 Å². The topological polar surface area (TPSA) is 0 Å². The molecule has 0 aromatic rings. The molecule has 1 saturated carbocycles. The fourth-order valence-corrected chi connectivity index (χ4v) is 3.25. The zero-order valence-electron chi connectivity index (χ0n) is 9.26. The summed E-state index contributed by atoms with van der Waals surface area (Å²) >= 11 is 0. The molecule has 2 rings (SSSR count). The zero-order chi connectivity index (χ0) is 9.31. The summed E-state index contributed by atoms with van der Waals surface area (Å²) in [5.74, 6) is 2.11. The number of nitrogens with zero attached hydrogens (tertiary/aromatic N) is 1. The SMILES string of the molecule is C[N+]1(C)CCC2CCCC(CC2)C1. The Bertz CT molecular complexity index is 174. The van der Waals surface area contributed by atoms with Crippen molar-refractivity contribution in [2.75, 3.05) is 27.2 Å². The van der Waals surface area contributed by atoms with E-state index in [1.807, 2.05) is 0 Å². The van der Waals surface area contributed by atoms with Gasteiger partial charge >= 0.3 is 0 Å². The molecule has 2 atom stereocenters. The van der Waals surface area contributed by atoms with Crippen molar-refractivity contribution in [2.45, 2.75) is 38.5 Å². The molecule has 13 heavy (non-hydrogen) atoms. The van der Waals surface area contributed by atoms with E-state index < -0.39 is 0 Å². The molecule has 0 N–H and O–H groups in total. The Hall–Kier alpha value is -0.0400.